The van der Waals surface area contributed by atoms with E-state index in [0.29, 0.717) is 6.61 Å². The molecular weight excluding hydrogens is 399 g/mol. The molecule has 0 bridgehead atoms. The number of rotatable bonds is 5. The molecule has 2 heterocycles. The first kappa shape index (κ1) is 20.1. The molecule has 0 spiro atoms. The number of anilines is 2. The minimum Gasteiger partial charge on any atom is -0.399 e. The van der Waals surface area contributed by atoms with Crippen LogP contribution in [0.3, 0.4) is 0 Å². The van der Waals surface area contributed by atoms with Crippen LogP contribution in [-0.4, -0.2) is 35.8 Å². The van der Waals surface area contributed by atoms with Crippen molar-refractivity contribution in [3.63, 3.8) is 0 Å². The van der Waals surface area contributed by atoms with Gasteiger partial charge in [0.2, 0.25) is 0 Å². The first-order valence-electron chi connectivity index (χ1n) is 9.65. The van der Waals surface area contributed by atoms with Crippen LogP contribution < -0.4 is 15.9 Å². The summed E-state index contributed by atoms with van der Waals surface area (Å²) in [6, 6.07) is 18.6. The molecule has 150 valence electrons. The third-order valence-electron chi connectivity index (χ3n) is 4.86. The van der Waals surface area contributed by atoms with Gasteiger partial charge in [0.05, 0.1) is 24.9 Å². The van der Waals surface area contributed by atoms with Crippen molar-refractivity contribution in [1.29, 1.82) is 0 Å². The van der Waals surface area contributed by atoms with Gasteiger partial charge < -0.3 is 15.4 Å². The second-order valence-corrected chi connectivity index (χ2v) is 8.85. The topological polar surface area (TPSA) is 64.3 Å². The third kappa shape index (κ3) is 5.08. The number of ether oxygens (including phenoxy) is 1. The van der Waals surface area contributed by atoms with E-state index in [9.17, 15) is 0 Å². The lowest BCUT2D eigenvalue weighted by molar-refractivity contribution is 0.0985. The predicted molar refractivity (Wildman–Crippen MR) is 125 cm³/mol. The van der Waals surface area contributed by atoms with E-state index in [0.717, 1.165) is 47.5 Å². The zero-order valence-electron chi connectivity index (χ0n) is 16.4. The summed E-state index contributed by atoms with van der Waals surface area (Å²) in [4.78, 5) is 13.3. The minimum atomic E-state index is 0.285. The highest BCUT2D eigenvalue weighted by atomic mass is 32.2. The highest BCUT2D eigenvalue weighted by molar-refractivity contribution is 7.98. The number of aromatic nitrogens is 2. The smallest absolute Gasteiger partial charge is 0.161 e. The monoisotopic (exact) mass is 424 g/mol. The quantitative estimate of drug-likeness (QED) is 0.382. The molecule has 4 rings (SSSR count). The molecule has 0 saturated carbocycles. The van der Waals surface area contributed by atoms with Crippen molar-refractivity contribution in [3.05, 3.63) is 60.3 Å². The molecule has 7 heteroatoms. The Labute approximate surface area is 178 Å². The Hall–Kier alpha value is -2.14. The van der Waals surface area contributed by atoms with Gasteiger partial charge >= 0.3 is 0 Å². The largest absolute Gasteiger partial charge is 0.399 e. The summed E-state index contributed by atoms with van der Waals surface area (Å²) < 4.78 is 5.60. The number of nitrogens with zero attached hydrogens (tertiary/aromatic N) is 3. The van der Waals surface area contributed by atoms with Gasteiger partial charge in [-0.05, 0) is 48.6 Å². The van der Waals surface area contributed by atoms with Crippen LogP contribution in [0.25, 0.3) is 11.4 Å². The van der Waals surface area contributed by atoms with Crippen LogP contribution in [-0.2, 0) is 10.5 Å². The molecule has 1 fully saturated rings. The maximum atomic E-state index is 5.85. The lowest BCUT2D eigenvalue weighted by Crippen LogP contribution is -2.44. The average Bonchev–Trinajstić information content (AvgIpc) is 2.74. The van der Waals surface area contributed by atoms with Crippen LogP contribution >= 0.6 is 21.0 Å². The second kappa shape index (κ2) is 9.12. The maximum absolute atomic E-state index is 5.85. The number of nitrogens with two attached hydrogens (primary N) is 1. The summed E-state index contributed by atoms with van der Waals surface area (Å²) in [5.74, 6) is 2.47. The molecule has 0 aliphatic carbocycles. The van der Waals surface area contributed by atoms with Gasteiger partial charge in [-0.2, -0.15) is 0 Å². The van der Waals surface area contributed by atoms with Crippen molar-refractivity contribution in [2.24, 2.45) is 0 Å². The zero-order chi connectivity index (χ0) is 20.2. The van der Waals surface area contributed by atoms with Gasteiger partial charge in [-0.3, -0.25) is 0 Å². The lowest BCUT2D eigenvalue weighted by Gasteiger charge is -2.34. The van der Waals surface area contributed by atoms with Gasteiger partial charge in [0.1, 0.15) is 5.82 Å². The summed E-state index contributed by atoms with van der Waals surface area (Å²) in [5, 5.41) is 1.19. The van der Waals surface area contributed by atoms with E-state index in [1.807, 2.05) is 24.3 Å². The molecule has 0 amide bonds. The summed E-state index contributed by atoms with van der Waals surface area (Å²) in [7, 11) is 2.72. The highest BCUT2D eigenvalue weighted by Gasteiger charge is 2.21. The van der Waals surface area contributed by atoms with Crippen molar-refractivity contribution < 1.29 is 4.74 Å². The van der Waals surface area contributed by atoms with Crippen molar-refractivity contribution in [1.82, 2.24) is 9.97 Å². The molecule has 1 aliphatic heterocycles. The summed E-state index contributed by atoms with van der Waals surface area (Å²) >= 11 is 1.78. The van der Waals surface area contributed by atoms with Gasteiger partial charge in [-0.1, -0.05) is 12.1 Å². The van der Waals surface area contributed by atoms with Crippen molar-refractivity contribution >= 4 is 37.8 Å². The molecule has 1 saturated heterocycles. The number of hydrogen-bond acceptors (Lipinski definition) is 6. The van der Waals surface area contributed by atoms with Gasteiger partial charge in [-0.25, -0.2) is 9.97 Å². The van der Waals surface area contributed by atoms with Crippen LogP contribution in [0.1, 0.15) is 12.6 Å². The molecule has 3 aromatic rings. The van der Waals surface area contributed by atoms with Crippen LogP contribution in [0.4, 0.5) is 11.5 Å². The van der Waals surface area contributed by atoms with Crippen molar-refractivity contribution in [2.45, 2.75) is 23.6 Å². The molecule has 2 atom stereocenters. The second-order valence-electron chi connectivity index (χ2n) is 7.14. The lowest BCUT2D eigenvalue weighted by atomic mass is 10.2. The van der Waals surface area contributed by atoms with E-state index in [-0.39, 0.29) is 6.04 Å². The Balaban J connectivity index is 1.65. The standard InChI is InChI=1S/C22H25N4OPS/c1-15-13-27-11-10-26(15)21-12-18(14-29-20-8-6-19(28)7-9-20)24-22(25-21)16-2-4-17(23)5-3-16/h2-9,12,15H,10-11,13-14,23,28H2,1H3. The average molecular weight is 425 g/mol. The zero-order valence-corrected chi connectivity index (χ0v) is 18.4. The maximum Gasteiger partial charge on any atom is 0.161 e. The van der Waals surface area contributed by atoms with Gasteiger partial charge in [0.25, 0.3) is 0 Å². The Morgan fingerprint density at radius 2 is 1.90 bits per heavy atom. The van der Waals surface area contributed by atoms with Crippen LogP contribution in [0.15, 0.2) is 59.5 Å². The van der Waals surface area contributed by atoms with Gasteiger partial charge in [0.15, 0.2) is 5.82 Å². The molecule has 2 aromatic carbocycles. The van der Waals surface area contributed by atoms with Gasteiger partial charge in [-0.15, -0.1) is 21.0 Å². The Bertz CT molecular complexity index is 966. The molecule has 1 aliphatic rings. The Kier molecular flexibility index (Phi) is 6.34. The third-order valence-corrected chi connectivity index (χ3v) is 6.29. The summed E-state index contributed by atoms with van der Waals surface area (Å²) in [5.41, 5.74) is 8.58. The van der Waals surface area contributed by atoms with E-state index in [4.69, 9.17) is 20.4 Å². The number of benzene rings is 2. The SMILES string of the molecule is CC1COCCN1c1cc(CSc2ccc(P)cc2)nc(-c2ccc(N)cc2)n1. The van der Waals surface area contributed by atoms with Crippen LogP contribution in [0.5, 0.6) is 0 Å². The molecule has 1 aromatic heterocycles. The van der Waals surface area contributed by atoms with E-state index < -0.39 is 0 Å². The predicted octanol–water partition coefficient (Wildman–Crippen LogP) is 3.74. The molecule has 5 nitrogen and oxygen atoms in total. The van der Waals surface area contributed by atoms with Crippen LogP contribution in [0.2, 0.25) is 0 Å². The molecule has 29 heavy (non-hydrogen) atoms. The minimum absolute atomic E-state index is 0.285. The van der Waals surface area contributed by atoms with E-state index in [1.54, 1.807) is 11.8 Å². The number of hydrogen-bond donors (Lipinski definition) is 1. The fourth-order valence-corrected chi connectivity index (χ4v) is 4.24. The molecular formula is C22H25N4OPS. The van der Waals surface area contributed by atoms with Crippen molar-refractivity contribution in [2.75, 3.05) is 30.4 Å². The van der Waals surface area contributed by atoms with Crippen molar-refractivity contribution in [3.8, 4) is 11.4 Å². The number of morpholine rings is 1. The first-order chi connectivity index (χ1) is 14.1. The Morgan fingerprint density at radius 1 is 1.14 bits per heavy atom. The number of thioether (sulfide) groups is 1. The Morgan fingerprint density at radius 3 is 2.62 bits per heavy atom. The normalized spacial score (nSPS) is 16.8. The first-order valence-corrected chi connectivity index (χ1v) is 11.2. The molecule has 0 radical (unpaired) electrons. The molecule has 2 N–H and O–H groups in total. The van der Waals surface area contributed by atoms with Gasteiger partial charge in [0, 0.05) is 34.5 Å². The summed E-state index contributed by atoms with van der Waals surface area (Å²) in [6.45, 7) is 4.44. The van der Waals surface area contributed by atoms with Crippen LogP contribution in [0, 0.1) is 0 Å². The molecule has 2 unspecified atom stereocenters. The fourth-order valence-electron chi connectivity index (χ4n) is 3.25. The fraction of sp³-hybridized carbons (Fsp3) is 0.273. The van der Waals surface area contributed by atoms with E-state index in [2.05, 4.69) is 51.4 Å². The number of nitrogen functional groups attached to an aromatic ring is 1. The summed E-state index contributed by atoms with van der Waals surface area (Å²) in [6.07, 6.45) is 0. The highest BCUT2D eigenvalue weighted by Crippen LogP contribution is 2.27. The van der Waals surface area contributed by atoms with E-state index in [1.165, 1.54) is 10.2 Å². The van der Waals surface area contributed by atoms with E-state index >= 15 is 0 Å².